The number of hydrogen-bond donors (Lipinski definition) is 2. The number of rotatable bonds is 3. The van der Waals surface area contributed by atoms with Crippen LogP contribution < -0.4 is 11.2 Å². The van der Waals surface area contributed by atoms with E-state index in [-0.39, 0.29) is 6.04 Å². The zero-order valence-corrected chi connectivity index (χ0v) is 17.5. The van der Waals surface area contributed by atoms with Crippen LogP contribution in [0.25, 0.3) is 16.5 Å². The predicted octanol–water partition coefficient (Wildman–Crippen LogP) is 3.88. The maximum Gasteiger partial charge on any atom is 0.249 e. The smallest absolute Gasteiger partial charge is 0.249 e. The third kappa shape index (κ3) is 2.86. The summed E-state index contributed by atoms with van der Waals surface area (Å²) < 4.78 is 0. The van der Waals surface area contributed by atoms with Crippen molar-refractivity contribution in [2.45, 2.75) is 44.7 Å². The number of hydrogen-bond acceptors (Lipinski definition) is 5. The third-order valence-corrected chi connectivity index (χ3v) is 7.06. The highest BCUT2D eigenvalue weighted by Crippen LogP contribution is 2.51. The van der Waals surface area contributed by atoms with Crippen LogP contribution in [0.3, 0.4) is 0 Å². The van der Waals surface area contributed by atoms with Crippen LogP contribution in [0.1, 0.15) is 59.0 Å². The highest BCUT2D eigenvalue weighted by Gasteiger charge is 2.46. The molecule has 7 rings (SSSR count). The first-order valence-electron chi connectivity index (χ1n) is 11.0. The van der Waals surface area contributed by atoms with Crippen LogP contribution in [0.15, 0.2) is 54.4 Å². The van der Waals surface area contributed by atoms with Gasteiger partial charge in [-0.2, -0.15) is 0 Å². The number of allylic oxidation sites excluding steroid dienone is 1. The molecule has 0 radical (unpaired) electrons. The molecule has 31 heavy (non-hydrogen) atoms. The van der Waals surface area contributed by atoms with Gasteiger partial charge in [-0.1, -0.05) is 12.1 Å². The molecule has 2 aromatic heterocycles. The average Bonchev–Trinajstić information content (AvgIpc) is 3.22. The predicted molar refractivity (Wildman–Crippen MR) is 120 cm³/mol. The van der Waals surface area contributed by atoms with E-state index in [0.717, 1.165) is 27.9 Å². The molecule has 6 nitrogen and oxygen atoms in total. The summed E-state index contributed by atoms with van der Waals surface area (Å²) in [6.07, 6.45) is 6.57. The number of nitrogens with two attached hydrogens (primary N) is 1. The fraction of sp³-hybridized carbons (Fsp3) is 0.320. The molecule has 2 bridgehead atoms. The Hall–Kier alpha value is -3.25. The molecule has 3 N–H and O–H groups in total. The monoisotopic (exact) mass is 411 g/mol. The molecule has 5 heterocycles. The number of pyridine rings is 2. The summed E-state index contributed by atoms with van der Waals surface area (Å²) >= 11 is 0. The van der Waals surface area contributed by atoms with E-state index < -0.39 is 5.91 Å². The normalized spacial score (nSPS) is 24.7. The molecule has 6 heteroatoms. The Labute approximate surface area is 181 Å². The Morgan fingerprint density at radius 1 is 1.13 bits per heavy atom. The van der Waals surface area contributed by atoms with Gasteiger partial charge in [0.2, 0.25) is 5.91 Å². The van der Waals surface area contributed by atoms with Crippen molar-refractivity contribution in [3.05, 3.63) is 76.9 Å². The molecular formula is C25H25N5O. The van der Waals surface area contributed by atoms with Crippen molar-refractivity contribution in [1.82, 2.24) is 20.4 Å². The Kier molecular flexibility index (Phi) is 4.11. The summed E-state index contributed by atoms with van der Waals surface area (Å²) in [6, 6.07) is 14.6. The molecule has 3 aromatic rings. The standard InChI is InChI=1S/C25H25N5O/c1-14-3-2-4-21(28-14)23-22(24-15-5-8-17(9-6-15)30(24)29-23)16-7-10-20-19(13-16)18(25(26)31)11-12-27-20/h2-4,7,10-13,15,17,23,29H,5-6,8-9H2,1H3,(H2,26,31). The zero-order valence-electron chi connectivity index (χ0n) is 17.5. The summed E-state index contributed by atoms with van der Waals surface area (Å²) in [6.45, 7) is 2.03. The Morgan fingerprint density at radius 2 is 1.97 bits per heavy atom. The highest BCUT2D eigenvalue weighted by molar-refractivity contribution is 6.06. The lowest BCUT2D eigenvalue weighted by molar-refractivity contribution is 0.0656. The van der Waals surface area contributed by atoms with Crippen LogP contribution in [-0.4, -0.2) is 26.9 Å². The summed E-state index contributed by atoms with van der Waals surface area (Å²) in [5.74, 6) is 0.129. The fourth-order valence-corrected chi connectivity index (χ4v) is 5.66. The van der Waals surface area contributed by atoms with E-state index in [1.54, 1.807) is 12.3 Å². The minimum Gasteiger partial charge on any atom is -0.366 e. The van der Waals surface area contributed by atoms with E-state index >= 15 is 0 Å². The lowest BCUT2D eigenvalue weighted by atomic mass is 9.76. The molecule has 4 aliphatic rings. The van der Waals surface area contributed by atoms with E-state index in [4.69, 9.17) is 10.7 Å². The van der Waals surface area contributed by atoms with Gasteiger partial charge in [0.05, 0.1) is 22.8 Å². The second-order valence-electron chi connectivity index (χ2n) is 8.90. The van der Waals surface area contributed by atoms with Crippen molar-refractivity contribution in [2.75, 3.05) is 0 Å². The van der Waals surface area contributed by atoms with Gasteiger partial charge in [0.25, 0.3) is 0 Å². The van der Waals surface area contributed by atoms with Crippen molar-refractivity contribution >= 4 is 22.4 Å². The minimum absolute atomic E-state index is 0.0118. The number of aromatic nitrogens is 2. The van der Waals surface area contributed by atoms with E-state index in [2.05, 4.69) is 39.7 Å². The van der Waals surface area contributed by atoms with Gasteiger partial charge < -0.3 is 10.7 Å². The second-order valence-corrected chi connectivity index (χ2v) is 8.90. The van der Waals surface area contributed by atoms with Gasteiger partial charge in [0.15, 0.2) is 0 Å². The van der Waals surface area contributed by atoms with Crippen LogP contribution in [0.4, 0.5) is 0 Å². The molecular weight excluding hydrogens is 386 g/mol. The van der Waals surface area contributed by atoms with Crippen molar-refractivity contribution in [1.29, 1.82) is 0 Å². The van der Waals surface area contributed by atoms with Gasteiger partial charge >= 0.3 is 0 Å². The van der Waals surface area contributed by atoms with E-state index in [0.29, 0.717) is 17.5 Å². The van der Waals surface area contributed by atoms with Crippen LogP contribution in [0.5, 0.6) is 0 Å². The number of benzene rings is 1. The molecule has 2 saturated heterocycles. The fourth-order valence-electron chi connectivity index (χ4n) is 5.66. The van der Waals surface area contributed by atoms with Crippen molar-refractivity contribution in [2.24, 2.45) is 11.7 Å². The lowest BCUT2D eigenvalue weighted by Crippen LogP contribution is -2.50. The quantitative estimate of drug-likeness (QED) is 0.683. The molecule has 1 unspecified atom stereocenters. The van der Waals surface area contributed by atoms with Crippen molar-refractivity contribution < 1.29 is 4.79 Å². The average molecular weight is 412 g/mol. The number of piperidine rings is 2. The topological polar surface area (TPSA) is 84.1 Å². The molecule has 3 fully saturated rings. The van der Waals surface area contributed by atoms with Crippen molar-refractivity contribution in [3.63, 3.8) is 0 Å². The van der Waals surface area contributed by atoms with Crippen molar-refractivity contribution in [3.8, 4) is 0 Å². The van der Waals surface area contributed by atoms with Crippen LogP contribution in [0, 0.1) is 12.8 Å². The zero-order chi connectivity index (χ0) is 21.1. The first kappa shape index (κ1) is 18.5. The molecule has 1 amide bonds. The number of carbonyl (C=O) groups excluding carboxylic acids is 1. The first-order chi connectivity index (χ1) is 15.1. The lowest BCUT2D eigenvalue weighted by Gasteiger charge is -2.46. The second kappa shape index (κ2) is 6.89. The molecule has 1 saturated carbocycles. The largest absolute Gasteiger partial charge is 0.366 e. The van der Waals surface area contributed by atoms with E-state index in [1.807, 2.05) is 19.1 Å². The van der Waals surface area contributed by atoms with E-state index in [1.165, 1.54) is 37.0 Å². The number of hydrazine groups is 1. The summed E-state index contributed by atoms with van der Waals surface area (Å²) in [5, 5.41) is 3.22. The number of fused-ring (bicyclic) bond motifs is 3. The minimum atomic E-state index is -0.429. The van der Waals surface area contributed by atoms with Gasteiger partial charge in [-0.3, -0.25) is 14.8 Å². The summed E-state index contributed by atoms with van der Waals surface area (Å²) in [5.41, 5.74) is 16.6. The van der Waals surface area contributed by atoms with Crippen LogP contribution >= 0.6 is 0 Å². The number of primary amides is 1. The summed E-state index contributed by atoms with van der Waals surface area (Å²) in [7, 11) is 0. The maximum absolute atomic E-state index is 12.1. The molecule has 156 valence electrons. The Morgan fingerprint density at radius 3 is 2.74 bits per heavy atom. The van der Waals surface area contributed by atoms with Crippen LogP contribution in [-0.2, 0) is 0 Å². The maximum atomic E-state index is 12.1. The SMILES string of the molecule is Cc1cccc(C2NN3C(=C2c2ccc4nccc(C(N)=O)c4c2)C2CCC3CC2)n1. The third-order valence-electron chi connectivity index (χ3n) is 7.06. The molecule has 3 aliphatic heterocycles. The van der Waals surface area contributed by atoms with Gasteiger partial charge in [-0.05, 0) is 68.5 Å². The number of carbonyl (C=O) groups is 1. The van der Waals surface area contributed by atoms with Gasteiger partial charge in [0.1, 0.15) is 0 Å². The Bertz CT molecular complexity index is 1240. The molecule has 1 aromatic carbocycles. The molecule has 1 aliphatic carbocycles. The molecule has 0 spiro atoms. The number of nitrogens with zero attached hydrogens (tertiary/aromatic N) is 3. The Balaban J connectivity index is 1.58. The summed E-state index contributed by atoms with van der Waals surface area (Å²) in [4.78, 5) is 21.4. The molecule has 1 atom stereocenters. The number of aryl methyl sites for hydroxylation is 1. The van der Waals surface area contributed by atoms with Gasteiger partial charge in [-0.15, -0.1) is 0 Å². The number of amides is 1. The van der Waals surface area contributed by atoms with E-state index in [9.17, 15) is 4.79 Å². The van der Waals surface area contributed by atoms with Crippen LogP contribution in [0.2, 0.25) is 0 Å². The number of nitrogens with one attached hydrogen (secondary N) is 1. The highest BCUT2D eigenvalue weighted by atomic mass is 16.1. The van der Waals surface area contributed by atoms with Gasteiger partial charge in [-0.25, -0.2) is 5.43 Å². The first-order valence-corrected chi connectivity index (χ1v) is 11.0. The van der Waals surface area contributed by atoms with Gasteiger partial charge in [0, 0.05) is 40.5 Å².